The van der Waals surface area contributed by atoms with Crippen LogP contribution in [-0.2, 0) is 4.79 Å². The minimum Gasteiger partial charge on any atom is -0.481 e. The zero-order valence-corrected chi connectivity index (χ0v) is 13.6. The second-order valence-corrected chi connectivity index (χ2v) is 7.10. The third kappa shape index (κ3) is 5.56. The maximum atomic E-state index is 11.8. The number of carbonyl (C=O) groups is 2. The molecule has 0 unspecified atom stereocenters. The van der Waals surface area contributed by atoms with Gasteiger partial charge in [0.2, 0.25) is 0 Å². The van der Waals surface area contributed by atoms with Crippen LogP contribution in [0.3, 0.4) is 0 Å². The highest BCUT2D eigenvalue weighted by Crippen LogP contribution is 2.40. The molecule has 122 valence electrons. The van der Waals surface area contributed by atoms with Crippen LogP contribution in [0.5, 0.6) is 0 Å². The normalized spacial score (nSPS) is 16.9. The molecule has 0 aromatic heterocycles. The third-order valence-electron chi connectivity index (χ3n) is 4.54. The first-order chi connectivity index (χ1) is 9.81. The number of carbonyl (C=O) groups excluding carboxylic acids is 1. The number of carboxylic acid groups (broad SMARTS) is 1. The van der Waals surface area contributed by atoms with E-state index in [0.29, 0.717) is 19.4 Å². The van der Waals surface area contributed by atoms with Crippen LogP contribution in [0.2, 0.25) is 0 Å². The highest BCUT2D eigenvalue weighted by Gasteiger charge is 2.44. The molecule has 0 heterocycles. The number of unbranched alkanes of at least 4 members (excludes halogenated alkanes) is 2. The number of nitrogens with one attached hydrogen (secondary N) is 2. The molecule has 0 bridgehead atoms. The van der Waals surface area contributed by atoms with Gasteiger partial charge in [0.1, 0.15) is 0 Å². The Morgan fingerprint density at radius 2 is 1.86 bits per heavy atom. The van der Waals surface area contributed by atoms with Crippen molar-refractivity contribution in [1.29, 1.82) is 0 Å². The summed E-state index contributed by atoms with van der Waals surface area (Å²) in [5, 5.41) is 14.8. The quantitative estimate of drug-likeness (QED) is 0.572. The third-order valence-corrected chi connectivity index (χ3v) is 4.54. The number of carboxylic acids is 1. The van der Waals surface area contributed by atoms with E-state index in [4.69, 9.17) is 0 Å². The Morgan fingerprint density at radius 3 is 2.33 bits per heavy atom. The molecule has 3 N–H and O–H groups in total. The summed E-state index contributed by atoms with van der Waals surface area (Å²) in [4.78, 5) is 23.0. The zero-order valence-electron chi connectivity index (χ0n) is 13.6. The average Bonchev–Trinajstić information content (AvgIpc) is 2.35. The highest BCUT2D eigenvalue weighted by molar-refractivity contribution is 5.78. The van der Waals surface area contributed by atoms with E-state index < -0.39 is 11.4 Å². The van der Waals surface area contributed by atoms with Gasteiger partial charge in [-0.25, -0.2) is 4.79 Å². The maximum absolute atomic E-state index is 11.8. The molecular formula is C16H30N2O3. The largest absolute Gasteiger partial charge is 0.481 e. The van der Waals surface area contributed by atoms with Crippen molar-refractivity contribution in [3.05, 3.63) is 0 Å². The fraction of sp³-hybridized carbons (Fsp3) is 0.875. The van der Waals surface area contributed by atoms with Gasteiger partial charge in [-0.2, -0.15) is 0 Å². The first kappa shape index (κ1) is 17.8. The van der Waals surface area contributed by atoms with Crippen LogP contribution in [0.1, 0.15) is 65.7 Å². The lowest BCUT2D eigenvalue weighted by atomic mass is 9.69. The van der Waals surface area contributed by atoms with Crippen LogP contribution < -0.4 is 10.6 Å². The van der Waals surface area contributed by atoms with E-state index >= 15 is 0 Å². The maximum Gasteiger partial charge on any atom is 0.314 e. The van der Waals surface area contributed by atoms with Crippen LogP contribution in [0.25, 0.3) is 0 Å². The summed E-state index contributed by atoms with van der Waals surface area (Å²) in [6.07, 6.45) is 6.92. The van der Waals surface area contributed by atoms with Crippen molar-refractivity contribution >= 4 is 12.0 Å². The van der Waals surface area contributed by atoms with Gasteiger partial charge in [-0.1, -0.05) is 46.5 Å². The lowest BCUT2D eigenvalue weighted by molar-refractivity contribution is -0.153. The molecule has 1 aliphatic rings. The fourth-order valence-corrected chi connectivity index (χ4v) is 2.64. The van der Waals surface area contributed by atoms with Gasteiger partial charge in [0.15, 0.2) is 0 Å². The molecule has 5 heteroatoms. The Balaban J connectivity index is 2.26. The van der Waals surface area contributed by atoms with Gasteiger partial charge in [-0.05, 0) is 24.7 Å². The van der Waals surface area contributed by atoms with Crippen molar-refractivity contribution in [3.63, 3.8) is 0 Å². The van der Waals surface area contributed by atoms with E-state index in [9.17, 15) is 14.7 Å². The molecule has 2 amide bonds. The first-order valence-corrected chi connectivity index (χ1v) is 8.06. The van der Waals surface area contributed by atoms with Crippen molar-refractivity contribution < 1.29 is 14.7 Å². The van der Waals surface area contributed by atoms with E-state index in [2.05, 4.69) is 31.4 Å². The van der Waals surface area contributed by atoms with Gasteiger partial charge in [-0.3, -0.25) is 4.79 Å². The summed E-state index contributed by atoms with van der Waals surface area (Å²) in [6.45, 7) is 7.31. The Hall–Kier alpha value is -1.26. The molecule has 5 nitrogen and oxygen atoms in total. The molecule has 1 saturated carbocycles. The summed E-state index contributed by atoms with van der Waals surface area (Å²) >= 11 is 0. The van der Waals surface area contributed by atoms with Crippen LogP contribution in [0.15, 0.2) is 0 Å². The second-order valence-electron chi connectivity index (χ2n) is 7.10. The van der Waals surface area contributed by atoms with Gasteiger partial charge in [0.25, 0.3) is 0 Å². The number of hydrogen-bond donors (Lipinski definition) is 3. The van der Waals surface area contributed by atoms with Crippen LogP contribution in [-0.4, -0.2) is 30.2 Å². The Kier molecular flexibility index (Phi) is 6.49. The van der Waals surface area contributed by atoms with Crippen molar-refractivity contribution in [2.45, 2.75) is 65.7 Å². The Labute approximate surface area is 127 Å². The van der Waals surface area contributed by atoms with Gasteiger partial charge >= 0.3 is 12.0 Å². The second kappa shape index (κ2) is 7.66. The Morgan fingerprint density at radius 1 is 1.19 bits per heavy atom. The molecule has 0 atom stereocenters. The topological polar surface area (TPSA) is 78.4 Å². The number of hydrogen-bond acceptors (Lipinski definition) is 2. The molecule has 1 fully saturated rings. The summed E-state index contributed by atoms with van der Waals surface area (Å²) < 4.78 is 0. The summed E-state index contributed by atoms with van der Waals surface area (Å²) in [5.41, 5.74) is -0.651. The van der Waals surface area contributed by atoms with E-state index in [0.717, 1.165) is 12.8 Å². The zero-order chi connectivity index (χ0) is 15.9. The number of rotatable bonds is 9. The minimum absolute atomic E-state index is 0.0768. The molecule has 0 saturated heterocycles. The van der Waals surface area contributed by atoms with E-state index in [-0.39, 0.29) is 18.0 Å². The molecule has 21 heavy (non-hydrogen) atoms. The summed E-state index contributed by atoms with van der Waals surface area (Å²) in [5.74, 6) is -0.797. The molecule has 0 radical (unpaired) electrons. The molecule has 0 aromatic carbocycles. The minimum atomic E-state index is -0.797. The smallest absolute Gasteiger partial charge is 0.314 e. The number of amides is 2. The van der Waals surface area contributed by atoms with Crippen molar-refractivity contribution in [2.24, 2.45) is 10.8 Å². The standard InChI is InChI=1S/C16H30N2O3/c1-4-5-6-8-15(2,3)11-17-14(21)18-12-16(13(19)20)9-7-10-16/h4-12H2,1-3H3,(H,19,20)(H2,17,18,21). The van der Waals surface area contributed by atoms with Gasteiger partial charge in [0.05, 0.1) is 5.41 Å². The Bertz CT molecular complexity index is 363. The van der Waals surface area contributed by atoms with Crippen LogP contribution in [0, 0.1) is 10.8 Å². The van der Waals surface area contributed by atoms with Gasteiger partial charge in [-0.15, -0.1) is 0 Å². The molecule has 0 aliphatic heterocycles. The van der Waals surface area contributed by atoms with Crippen molar-refractivity contribution in [3.8, 4) is 0 Å². The SMILES string of the molecule is CCCCCC(C)(C)CNC(=O)NCC1(C(=O)O)CCC1. The lowest BCUT2D eigenvalue weighted by Gasteiger charge is -2.37. The molecular weight excluding hydrogens is 268 g/mol. The van der Waals surface area contributed by atoms with Crippen LogP contribution in [0.4, 0.5) is 4.79 Å². The average molecular weight is 298 g/mol. The summed E-state index contributed by atoms with van der Waals surface area (Å²) in [6, 6.07) is -0.258. The number of urea groups is 1. The predicted octanol–water partition coefficient (Wildman–Crippen LogP) is 3.15. The lowest BCUT2D eigenvalue weighted by Crippen LogP contribution is -2.50. The van der Waals surface area contributed by atoms with E-state index in [1.165, 1.54) is 19.3 Å². The fourth-order valence-electron chi connectivity index (χ4n) is 2.64. The van der Waals surface area contributed by atoms with Gasteiger partial charge < -0.3 is 15.7 Å². The first-order valence-electron chi connectivity index (χ1n) is 8.06. The molecule has 1 aliphatic carbocycles. The van der Waals surface area contributed by atoms with Gasteiger partial charge in [0, 0.05) is 13.1 Å². The monoisotopic (exact) mass is 298 g/mol. The number of aliphatic carboxylic acids is 1. The molecule has 1 rings (SSSR count). The van der Waals surface area contributed by atoms with Crippen molar-refractivity contribution in [1.82, 2.24) is 10.6 Å². The predicted molar refractivity (Wildman–Crippen MR) is 83.2 cm³/mol. The van der Waals surface area contributed by atoms with E-state index in [1.807, 2.05) is 0 Å². The molecule has 0 spiro atoms. The highest BCUT2D eigenvalue weighted by atomic mass is 16.4. The van der Waals surface area contributed by atoms with Crippen LogP contribution >= 0.6 is 0 Å². The van der Waals surface area contributed by atoms with Crippen molar-refractivity contribution in [2.75, 3.05) is 13.1 Å². The van der Waals surface area contributed by atoms with E-state index in [1.54, 1.807) is 0 Å². The molecule has 0 aromatic rings. The summed E-state index contributed by atoms with van der Waals surface area (Å²) in [7, 11) is 0.